The number of halogens is 5. The Bertz CT molecular complexity index is 517. The summed E-state index contributed by atoms with van der Waals surface area (Å²) in [7, 11) is 0. The number of nitrogens with one attached hydrogen (secondary N) is 2. The summed E-state index contributed by atoms with van der Waals surface area (Å²) in [5, 5.41) is 5.80. The Labute approximate surface area is 141 Å². The molecule has 21 heavy (non-hydrogen) atoms. The molecule has 1 fully saturated rings. The van der Waals surface area contributed by atoms with Gasteiger partial charge in [-0.15, -0.1) is 12.4 Å². The van der Waals surface area contributed by atoms with E-state index < -0.39 is 24.9 Å². The molecule has 2 N–H and O–H groups in total. The number of alkyl halides is 2. The lowest BCUT2D eigenvalue weighted by Gasteiger charge is -2.11. The van der Waals surface area contributed by atoms with E-state index in [4.69, 9.17) is 11.6 Å². The predicted molar refractivity (Wildman–Crippen MR) is 84.5 cm³/mol. The van der Waals surface area contributed by atoms with Crippen LogP contribution in [-0.4, -0.2) is 31.0 Å². The first-order chi connectivity index (χ1) is 9.37. The molecule has 1 aromatic rings. The quantitative estimate of drug-likeness (QED) is 0.810. The fourth-order valence-electron chi connectivity index (χ4n) is 2.08. The Balaban J connectivity index is 0.00000220. The first kappa shape index (κ1) is 18.6. The monoisotopic (exact) mass is 402 g/mol. The number of hydrogen-bond acceptors (Lipinski definition) is 2. The van der Waals surface area contributed by atoms with Gasteiger partial charge in [0.05, 0.1) is 12.6 Å². The molecule has 0 radical (unpaired) electrons. The maximum atomic E-state index is 13.0. The van der Waals surface area contributed by atoms with E-state index in [0.717, 1.165) is 10.0 Å². The van der Waals surface area contributed by atoms with E-state index in [-0.39, 0.29) is 18.3 Å². The molecule has 3 nitrogen and oxygen atoms in total. The van der Waals surface area contributed by atoms with Crippen LogP contribution in [0.15, 0.2) is 22.7 Å². The van der Waals surface area contributed by atoms with E-state index in [2.05, 4.69) is 26.6 Å². The Morgan fingerprint density at radius 2 is 2.24 bits per heavy atom. The van der Waals surface area contributed by atoms with Gasteiger partial charge in [0.2, 0.25) is 5.91 Å². The number of benzene rings is 1. The lowest BCUT2D eigenvalue weighted by Crippen LogP contribution is -2.41. The SMILES string of the molecule is Cl.O=C(NCCc1cc(Cl)ccc1Br)C1CC(F)(F)CN1. The standard InChI is InChI=1S/C13H14BrClF2N2O.ClH/c14-10-2-1-9(15)5-8(10)3-4-18-12(20)11-6-13(16,17)7-19-11;/h1-2,5,11,19H,3-4,6-7H2,(H,18,20);1H. The van der Waals surface area contributed by atoms with Crippen molar-refractivity contribution in [1.29, 1.82) is 0 Å². The van der Waals surface area contributed by atoms with Crippen LogP contribution in [0.25, 0.3) is 0 Å². The number of carbonyl (C=O) groups is 1. The second kappa shape index (κ2) is 7.72. The Morgan fingerprint density at radius 3 is 2.86 bits per heavy atom. The third kappa shape index (κ3) is 5.36. The highest BCUT2D eigenvalue weighted by atomic mass is 79.9. The molecule has 118 valence electrons. The topological polar surface area (TPSA) is 41.1 Å². The van der Waals surface area contributed by atoms with Crippen molar-refractivity contribution >= 4 is 45.8 Å². The van der Waals surface area contributed by atoms with E-state index in [1.54, 1.807) is 12.1 Å². The van der Waals surface area contributed by atoms with Crippen LogP contribution in [0, 0.1) is 0 Å². The van der Waals surface area contributed by atoms with Crippen LogP contribution in [0.5, 0.6) is 0 Å². The first-order valence-corrected chi connectivity index (χ1v) is 7.37. The van der Waals surface area contributed by atoms with Gasteiger partial charge < -0.3 is 5.32 Å². The van der Waals surface area contributed by atoms with E-state index in [1.807, 2.05) is 6.07 Å². The Kier molecular flexibility index (Phi) is 6.84. The summed E-state index contributed by atoms with van der Waals surface area (Å²) in [5.74, 6) is -3.18. The zero-order valence-corrected chi connectivity index (χ0v) is 14.1. The van der Waals surface area contributed by atoms with Gasteiger partial charge in [-0.2, -0.15) is 0 Å². The molecule has 1 aliphatic rings. The van der Waals surface area contributed by atoms with Crippen molar-refractivity contribution in [3.8, 4) is 0 Å². The second-order valence-corrected chi connectivity index (χ2v) is 6.06. The molecule has 0 aliphatic carbocycles. The number of rotatable bonds is 4. The predicted octanol–water partition coefficient (Wildman–Crippen LogP) is 3.18. The number of carbonyl (C=O) groups excluding carboxylic acids is 1. The van der Waals surface area contributed by atoms with Crippen LogP contribution in [0.4, 0.5) is 8.78 Å². The van der Waals surface area contributed by atoms with Crippen molar-refractivity contribution < 1.29 is 13.6 Å². The summed E-state index contributed by atoms with van der Waals surface area (Å²) in [6.45, 7) is -0.0630. The molecule has 8 heteroatoms. The largest absolute Gasteiger partial charge is 0.354 e. The summed E-state index contributed by atoms with van der Waals surface area (Å²) in [5.41, 5.74) is 0.961. The first-order valence-electron chi connectivity index (χ1n) is 6.20. The molecule has 1 amide bonds. The molecule has 1 aromatic carbocycles. The third-order valence-electron chi connectivity index (χ3n) is 3.13. The van der Waals surface area contributed by atoms with Crippen molar-refractivity contribution in [2.24, 2.45) is 0 Å². The average molecular weight is 404 g/mol. The van der Waals surface area contributed by atoms with Gasteiger partial charge in [0.25, 0.3) is 5.92 Å². The van der Waals surface area contributed by atoms with Gasteiger partial charge in [-0.3, -0.25) is 10.1 Å². The van der Waals surface area contributed by atoms with Crippen LogP contribution in [-0.2, 0) is 11.2 Å². The fraction of sp³-hybridized carbons (Fsp3) is 0.462. The van der Waals surface area contributed by atoms with Crippen LogP contribution >= 0.6 is 39.9 Å². The maximum absolute atomic E-state index is 13.0. The van der Waals surface area contributed by atoms with Gasteiger partial charge in [-0.1, -0.05) is 27.5 Å². The summed E-state index contributed by atoms with van der Waals surface area (Å²) in [6, 6.07) is 4.59. The van der Waals surface area contributed by atoms with Gasteiger partial charge in [0, 0.05) is 22.5 Å². The van der Waals surface area contributed by atoms with Crippen LogP contribution in [0.2, 0.25) is 5.02 Å². The van der Waals surface area contributed by atoms with E-state index in [1.165, 1.54) is 0 Å². The minimum absolute atomic E-state index is 0. The summed E-state index contributed by atoms with van der Waals surface area (Å²) in [4.78, 5) is 11.7. The molecule has 1 heterocycles. The van der Waals surface area contributed by atoms with Crippen molar-refractivity contribution in [3.05, 3.63) is 33.3 Å². The minimum Gasteiger partial charge on any atom is -0.354 e. The van der Waals surface area contributed by atoms with Crippen molar-refractivity contribution in [1.82, 2.24) is 10.6 Å². The maximum Gasteiger partial charge on any atom is 0.262 e. The van der Waals surface area contributed by atoms with Gasteiger partial charge >= 0.3 is 0 Å². The summed E-state index contributed by atoms with van der Waals surface area (Å²) < 4.78 is 26.9. The molecule has 1 atom stereocenters. The summed E-state index contributed by atoms with van der Waals surface area (Å²) >= 11 is 9.29. The number of amides is 1. The minimum atomic E-state index is -2.79. The van der Waals surface area contributed by atoms with Gasteiger partial charge in [0.15, 0.2) is 0 Å². The van der Waals surface area contributed by atoms with Crippen molar-refractivity contribution in [3.63, 3.8) is 0 Å². The summed E-state index contributed by atoms with van der Waals surface area (Å²) in [6.07, 6.45) is 0.135. The van der Waals surface area contributed by atoms with Crippen LogP contribution in [0.3, 0.4) is 0 Å². The second-order valence-electron chi connectivity index (χ2n) is 4.77. The lowest BCUT2D eigenvalue weighted by molar-refractivity contribution is -0.123. The molecule has 1 aliphatic heterocycles. The highest BCUT2D eigenvalue weighted by Gasteiger charge is 2.42. The van der Waals surface area contributed by atoms with Gasteiger partial charge in [0.1, 0.15) is 0 Å². The third-order valence-corrected chi connectivity index (χ3v) is 4.14. The van der Waals surface area contributed by atoms with E-state index >= 15 is 0 Å². The molecule has 1 saturated heterocycles. The van der Waals surface area contributed by atoms with E-state index in [9.17, 15) is 13.6 Å². The highest BCUT2D eigenvalue weighted by Crippen LogP contribution is 2.25. The Hall–Kier alpha value is -0.430. The van der Waals surface area contributed by atoms with Crippen LogP contribution in [0.1, 0.15) is 12.0 Å². The molecule has 0 aromatic heterocycles. The highest BCUT2D eigenvalue weighted by molar-refractivity contribution is 9.10. The Morgan fingerprint density at radius 1 is 1.52 bits per heavy atom. The molecule has 1 unspecified atom stereocenters. The normalized spacial score (nSPS) is 19.9. The zero-order valence-electron chi connectivity index (χ0n) is 11.0. The molecule has 0 spiro atoms. The lowest BCUT2D eigenvalue weighted by atomic mass is 10.1. The fourth-order valence-corrected chi connectivity index (χ4v) is 2.72. The molecular weight excluding hydrogens is 389 g/mol. The molecule has 0 saturated carbocycles. The average Bonchev–Trinajstić information content (AvgIpc) is 2.74. The molecule has 0 bridgehead atoms. The zero-order chi connectivity index (χ0) is 14.8. The smallest absolute Gasteiger partial charge is 0.262 e. The van der Waals surface area contributed by atoms with Gasteiger partial charge in [-0.05, 0) is 30.2 Å². The van der Waals surface area contributed by atoms with Crippen molar-refractivity contribution in [2.75, 3.05) is 13.1 Å². The molecule has 2 rings (SSSR count). The molecular formula is C13H15BrCl2F2N2O. The van der Waals surface area contributed by atoms with E-state index in [0.29, 0.717) is 18.0 Å². The van der Waals surface area contributed by atoms with Crippen molar-refractivity contribution in [2.45, 2.75) is 24.8 Å². The van der Waals surface area contributed by atoms with Gasteiger partial charge in [-0.25, -0.2) is 8.78 Å². The van der Waals surface area contributed by atoms with Crippen LogP contribution < -0.4 is 10.6 Å². The number of hydrogen-bond donors (Lipinski definition) is 2.